The Kier molecular flexibility index (Phi) is 6.23. The van der Waals surface area contributed by atoms with Crippen LogP contribution in [-0.2, 0) is 21.7 Å². The molecule has 2 heterocycles. The summed E-state index contributed by atoms with van der Waals surface area (Å²) < 4.78 is 20.1. The zero-order valence-corrected chi connectivity index (χ0v) is 20.7. The lowest BCUT2D eigenvalue weighted by atomic mass is 10.1. The van der Waals surface area contributed by atoms with Gasteiger partial charge >= 0.3 is 8.56 Å². The molecule has 2 aliphatic heterocycles. The van der Waals surface area contributed by atoms with Crippen molar-refractivity contribution in [1.29, 1.82) is 0 Å². The van der Waals surface area contributed by atoms with E-state index in [-0.39, 0.29) is 35.8 Å². The molecule has 6 heteroatoms. The third-order valence-electron chi connectivity index (χ3n) is 5.30. The Hall–Kier alpha value is 0.397. The summed E-state index contributed by atoms with van der Waals surface area (Å²) in [6, 6.07) is 10.7. The van der Waals surface area contributed by atoms with Gasteiger partial charge in [0.25, 0.3) is 21.2 Å². The fourth-order valence-electron chi connectivity index (χ4n) is 4.36. The predicted octanol–water partition coefficient (Wildman–Crippen LogP) is 5.98. The molecule has 0 aromatic heterocycles. The molecule has 1 aromatic rings. The van der Waals surface area contributed by atoms with E-state index in [9.17, 15) is 0 Å². The van der Waals surface area contributed by atoms with Crippen LogP contribution in [0.1, 0.15) is 54.4 Å². The van der Waals surface area contributed by atoms with Crippen molar-refractivity contribution in [1.82, 2.24) is 0 Å². The van der Waals surface area contributed by atoms with Crippen LogP contribution in [0.5, 0.6) is 0 Å². The molecule has 146 valence electrons. The van der Waals surface area contributed by atoms with E-state index < -0.39 is 8.56 Å². The fourth-order valence-corrected chi connectivity index (χ4v) is 12.6. The molecular formula is C20H32IO3SSi+. The molecule has 3 rings (SSSR count). The number of halogens is 1. The second-order valence-electron chi connectivity index (χ2n) is 9.42. The lowest BCUT2D eigenvalue weighted by Crippen LogP contribution is -2.58. The lowest BCUT2D eigenvalue weighted by Gasteiger charge is -2.49. The molecule has 2 bridgehead atoms. The predicted molar refractivity (Wildman–Crippen MR) is 120 cm³/mol. The van der Waals surface area contributed by atoms with Crippen LogP contribution in [0.15, 0.2) is 35.2 Å². The average Bonchev–Trinajstić information content (AvgIpc) is 2.70. The second-order valence-corrected chi connectivity index (χ2v) is 18.6. The van der Waals surface area contributed by atoms with Gasteiger partial charge in [-0.05, 0) is 12.1 Å². The molecule has 2 unspecified atom stereocenters. The maximum Gasteiger partial charge on any atom is 0.349 e. The SMILES string of the molecule is CC(C)(C)[Si]1(C(C)(C)C)OC[C@H]2CC(C[C@H]([S+](I)c3ccccc3)O2)O1. The van der Waals surface area contributed by atoms with Crippen molar-refractivity contribution in [2.45, 2.75) is 87.0 Å². The Balaban J connectivity index is 1.85. The Morgan fingerprint density at radius 1 is 0.962 bits per heavy atom. The highest BCUT2D eigenvalue weighted by Gasteiger charge is 2.61. The van der Waals surface area contributed by atoms with Crippen LogP contribution in [0.4, 0.5) is 0 Å². The monoisotopic (exact) mass is 507 g/mol. The minimum Gasteiger partial charge on any atom is -0.391 e. The smallest absolute Gasteiger partial charge is 0.349 e. The minimum absolute atomic E-state index is 0.0175. The van der Waals surface area contributed by atoms with Crippen molar-refractivity contribution in [3.63, 3.8) is 0 Å². The van der Waals surface area contributed by atoms with Crippen LogP contribution < -0.4 is 0 Å². The van der Waals surface area contributed by atoms with Gasteiger partial charge in [-0.3, -0.25) is 0 Å². The number of ether oxygens (including phenoxy) is 1. The van der Waals surface area contributed by atoms with Gasteiger partial charge in [0.1, 0.15) is 8.07 Å². The lowest BCUT2D eigenvalue weighted by molar-refractivity contribution is -0.0493. The van der Waals surface area contributed by atoms with Crippen LogP contribution >= 0.6 is 21.2 Å². The third kappa shape index (κ3) is 4.05. The number of hydrogen-bond donors (Lipinski definition) is 0. The van der Waals surface area contributed by atoms with Crippen LogP contribution in [0.2, 0.25) is 10.1 Å². The number of benzene rings is 1. The molecule has 0 N–H and O–H groups in total. The number of rotatable bonds is 2. The Labute approximate surface area is 174 Å². The highest BCUT2D eigenvalue weighted by atomic mass is 127. The van der Waals surface area contributed by atoms with Gasteiger partial charge in [-0.1, -0.05) is 59.7 Å². The van der Waals surface area contributed by atoms with E-state index >= 15 is 0 Å². The van der Waals surface area contributed by atoms with Crippen molar-refractivity contribution in [2.24, 2.45) is 0 Å². The zero-order chi connectivity index (χ0) is 19.2. The molecule has 0 spiro atoms. The fraction of sp³-hybridized carbons (Fsp3) is 0.700. The molecular weight excluding hydrogens is 475 g/mol. The molecule has 2 aliphatic rings. The molecule has 0 saturated carbocycles. The summed E-state index contributed by atoms with van der Waals surface area (Å²) in [7, 11) is -2.42. The first-order valence-electron chi connectivity index (χ1n) is 9.45. The highest BCUT2D eigenvalue weighted by Crippen LogP contribution is 2.54. The molecule has 0 aliphatic carbocycles. The first-order valence-corrected chi connectivity index (χ1v) is 15.1. The van der Waals surface area contributed by atoms with Gasteiger partial charge in [-0.25, -0.2) is 0 Å². The van der Waals surface area contributed by atoms with Gasteiger partial charge in [-0.2, -0.15) is 0 Å². The largest absolute Gasteiger partial charge is 0.391 e. The normalized spacial score (nSPS) is 30.5. The van der Waals surface area contributed by atoms with Crippen molar-refractivity contribution in [3.05, 3.63) is 30.3 Å². The van der Waals surface area contributed by atoms with Crippen molar-refractivity contribution in [2.75, 3.05) is 6.61 Å². The van der Waals surface area contributed by atoms with Crippen molar-refractivity contribution < 1.29 is 13.6 Å². The summed E-state index contributed by atoms with van der Waals surface area (Å²) in [6.07, 6.45) is 2.30. The Bertz CT molecular complexity index is 600. The van der Waals surface area contributed by atoms with E-state index in [1.165, 1.54) is 4.90 Å². The van der Waals surface area contributed by atoms with E-state index in [0.717, 1.165) is 12.8 Å². The topological polar surface area (TPSA) is 27.7 Å². The summed E-state index contributed by atoms with van der Waals surface area (Å²) in [6.45, 7) is 14.4. The first kappa shape index (κ1) is 21.1. The van der Waals surface area contributed by atoms with E-state index in [4.69, 9.17) is 13.6 Å². The average molecular weight is 508 g/mol. The van der Waals surface area contributed by atoms with Gasteiger partial charge in [0.05, 0.1) is 18.8 Å². The Morgan fingerprint density at radius 2 is 1.58 bits per heavy atom. The van der Waals surface area contributed by atoms with E-state index in [1.54, 1.807) is 0 Å². The quantitative estimate of drug-likeness (QED) is 0.280. The second kappa shape index (κ2) is 7.67. The zero-order valence-electron chi connectivity index (χ0n) is 16.8. The Morgan fingerprint density at radius 3 is 2.15 bits per heavy atom. The molecule has 2 saturated heterocycles. The molecule has 1 aromatic carbocycles. The van der Waals surface area contributed by atoms with Gasteiger partial charge in [-0.15, -0.1) is 0 Å². The van der Waals surface area contributed by atoms with Gasteiger partial charge in [0.15, 0.2) is 4.90 Å². The van der Waals surface area contributed by atoms with Crippen LogP contribution in [0.25, 0.3) is 0 Å². The van der Waals surface area contributed by atoms with E-state index in [0.29, 0.717) is 6.61 Å². The van der Waals surface area contributed by atoms with Crippen molar-refractivity contribution in [3.8, 4) is 0 Å². The van der Waals surface area contributed by atoms with Crippen molar-refractivity contribution >= 4 is 37.8 Å². The molecule has 3 nitrogen and oxygen atoms in total. The molecule has 2 fully saturated rings. The molecule has 4 atom stereocenters. The minimum atomic E-state index is -2.45. The van der Waals surface area contributed by atoms with Crippen LogP contribution in [-0.4, -0.2) is 32.8 Å². The van der Waals surface area contributed by atoms with Crippen LogP contribution in [0, 0.1) is 0 Å². The van der Waals surface area contributed by atoms with Crippen LogP contribution in [0.3, 0.4) is 0 Å². The maximum absolute atomic E-state index is 6.95. The van der Waals surface area contributed by atoms with Gasteiger partial charge in [0, 0.05) is 22.9 Å². The summed E-state index contributed by atoms with van der Waals surface area (Å²) in [5, 5.41) is 0.0351. The molecule has 0 radical (unpaired) electrons. The summed E-state index contributed by atoms with van der Waals surface area (Å²) >= 11 is 2.56. The standard InChI is InChI=1S/C20H32IO3SSi/c1-19(2,3)26(20(4,5)6)22-14-16-12-15(24-26)13-18(23-16)25(21)17-10-8-7-9-11-17/h7-11,15-16,18H,12-14H2,1-6H3/q+1/t15?,16-,18+,25?/m1/s1. The van der Waals surface area contributed by atoms with Gasteiger partial charge in [0.2, 0.25) is 5.44 Å². The number of fused-ring (bicyclic) bond motifs is 2. The molecule has 0 amide bonds. The highest BCUT2D eigenvalue weighted by molar-refractivity contribution is 14.2. The number of hydrogen-bond acceptors (Lipinski definition) is 3. The summed E-state index contributed by atoms with van der Waals surface area (Å²) in [4.78, 5) is 1.35. The van der Waals surface area contributed by atoms with E-state index in [1.807, 2.05) is 0 Å². The summed E-state index contributed by atoms with van der Waals surface area (Å²) in [5.41, 5.74) is 0.204. The summed E-state index contributed by atoms with van der Waals surface area (Å²) in [5.74, 6) is 0. The third-order valence-corrected chi connectivity index (χ3v) is 15.2. The van der Waals surface area contributed by atoms with E-state index in [2.05, 4.69) is 93.1 Å². The molecule has 26 heavy (non-hydrogen) atoms. The first-order chi connectivity index (χ1) is 12.0. The van der Waals surface area contributed by atoms with Gasteiger partial charge < -0.3 is 13.6 Å². The maximum atomic E-state index is 6.95.